The van der Waals surface area contributed by atoms with Gasteiger partial charge in [0.1, 0.15) is 5.75 Å². The van der Waals surface area contributed by atoms with Crippen molar-refractivity contribution < 1.29 is 5.11 Å². The third kappa shape index (κ3) is 1.91. The molecule has 0 saturated carbocycles. The van der Waals surface area contributed by atoms with E-state index in [0.29, 0.717) is 5.69 Å². The van der Waals surface area contributed by atoms with Gasteiger partial charge in [-0.05, 0) is 54.8 Å². The van der Waals surface area contributed by atoms with Crippen LogP contribution >= 0.6 is 0 Å². The SMILES string of the molecule is Cc1cc(-c2c(O)ccc(N)c2C)ccc1N. The van der Waals surface area contributed by atoms with Crippen molar-refractivity contribution >= 4 is 11.4 Å². The maximum absolute atomic E-state index is 9.94. The van der Waals surface area contributed by atoms with Crippen LogP contribution in [0.4, 0.5) is 11.4 Å². The summed E-state index contributed by atoms with van der Waals surface area (Å²) in [5, 5.41) is 9.94. The first-order valence-corrected chi connectivity index (χ1v) is 5.45. The molecule has 0 amide bonds. The fraction of sp³-hybridized carbons (Fsp3) is 0.143. The number of hydrogen-bond acceptors (Lipinski definition) is 3. The molecule has 3 heteroatoms. The van der Waals surface area contributed by atoms with Crippen LogP contribution in [0, 0.1) is 13.8 Å². The van der Waals surface area contributed by atoms with Crippen molar-refractivity contribution in [1.82, 2.24) is 0 Å². The highest BCUT2D eigenvalue weighted by atomic mass is 16.3. The summed E-state index contributed by atoms with van der Waals surface area (Å²) in [6, 6.07) is 9.01. The lowest BCUT2D eigenvalue weighted by atomic mass is 9.96. The molecule has 5 N–H and O–H groups in total. The Morgan fingerprint density at radius 2 is 1.59 bits per heavy atom. The molecule has 0 atom stereocenters. The minimum Gasteiger partial charge on any atom is -0.507 e. The molecule has 0 bridgehead atoms. The summed E-state index contributed by atoms with van der Waals surface area (Å²) in [7, 11) is 0. The Balaban J connectivity index is 2.68. The van der Waals surface area contributed by atoms with Gasteiger partial charge in [0.25, 0.3) is 0 Å². The minimum atomic E-state index is 0.237. The number of aryl methyl sites for hydroxylation is 1. The summed E-state index contributed by atoms with van der Waals surface area (Å²) in [5.41, 5.74) is 16.6. The summed E-state index contributed by atoms with van der Waals surface area (Å²) in [5.74, 6) is 0.237. The molecule has 0 aromatic heterocycles. The van der Waals surface area contributed by atoms with Gasteiger partial charge in [0.15, 0.2) is 0 Å². The molecule has 0 heterocycles. The minimum absolute atomic E-state index is 0.237. The van der Waals surface area contributed by atoms with Crippen molar-refractivity contribution in [2.75, 3.05) is 11.5 Å². The Morgan fingerprint density at radius 1 is 0.941 bits per heavy atom. The Labute approximate surface area is 101 Å². The Morgan fingerprint density at radius 3 is 2.24 bits per heavy atom. The third-order valence-electron chi connectivity index (χ3n) is 3.04. The highest BCUT2D eigenvalue weighted by molar-refractivity contribution is 5.79. The van der Waals surface area contributed by atoms with Crippen LogP contribution in [0.25, 0.3) is 11.1 Å². The topological polar surface area (TPSA) is 72.3 Å². The number of nitrogen functional groups attached to an aromatic ring is 2. The van der Waals surface area contributed by atoms with Crippen molar-refractivity contribution in [2.24, 2.45) is 0 Å². The number of hydrogen-bond donors (Lipinski definition) is 3. The van der Waals surface area contributed by atoms with Crippen molar-refractivity contribution in [2.45, 2.75) is 13.8 Å². The van der Waals surface area contributed by atoms with Crippen LogP contribution < -0.4 is 11.5 Å². The van der Waals surface area contributed by atoms with E-state index in [4.69, 9.17) is 11.5 Å². The average molecular weight is 228 g/mol. The number of rotatable bonds is 1. The van der Waals surface area contributed by atoms with Crippen molar-refractivity contribution in [3.63, 3.8) is 0 Å². The highest BCUT2D eigenvalue weighted by Gasteiger charge is 2.10. The first kappa shape index (κ1) is 11.3. The Kier molecular flexibility index (Phi) is 2.68. The quantitative estimate of drug-likeness (QED) is 0.519. The number of nitrogens with two attached hydrogens (primary N) is 2. The molecule has 0 radical (unpaired) electrons. The van der Waals surface area contributed by atoms with Gasteiger partial charge in [0.05, 0.1) is 0 Å². The first-order chi connectivity index (χ1) is 8.00. The van der Waals surface area contributed by atoms with Gasteiger partial charge < -0.3 is 16.6 Å². The zero-order valence-corrected chi connectivity index (χ0v) is 9.99. The zero-order valence-electron chi connectivity index (χ0n) is 9.99. The number of aromatic hydroxyl groups is 1. The summed E-state index contributed by atoms with van der Waals surface area (Å²) >= 11 is 0. The molecule has 2 rings (SSSR count). The summed E-state index contributed by atoms with van der Waals surface area (Å²) < 4.78 is 0. The molecule has 0 spiro atoms. The van der Waals surface area contributed by atoms with Crippen LogP contribution in [0.15, 0.2) is 30.3 Å². The largest absolute Gasteiger partial charge is 0.507 e. The van der Waals surface area contributed by atoms with Crippen LogP contribution in [-0.2, 0) is 0 Å². The van der Waals surface area contributed by atoms with E-state index in [1.807, 2.05) is 32.0 Å². The number of benzene rings is 2. The lowest BCUT2D eigenvalue weighted by Crippen LogP contribution is -1.94. The lowest BCUT2D eigenvalue weighted by Gasteiger charge is -2.12. The van der Waals surface area contributed by atoms with Crippen LogP contribution in [0.1, 0.15) is 11.1 Å². The van der Waals surface area contributed by atoms with Crippen LogP contribution in [0.2, 0.25) is 0 Å². The fourth-order valence-corrected chi connectivity index (χ4v) is 1.91. The molecule has 17 heavy (non-hydrogen) atoms. The Bertz CT molecular complexity index is 577. The maximum Gasteiger partial charge on any atom is 0.123 e. The van der Waals surface area contributed by atoms with E-state index >= 15 is 0 Å². The molecular formula is C14H16N2O. The predicted octanol–water partition coefficient (Wildman–Crippen LogP) is 2.84. The molecule has 0 aliphatic carbocycles. The zero-order chi connectivity index (χ0) is 12.6. The van der Waals surface area contributed by atoms with E-state index in [2.05, 4.69) is 0 Å². The second kappa shape index (κ2) is 4.01. The maximum atomic E-state index is 9.94. The molecule has 88 valence electrons. The van der Waals surface area contributed by atoms with E-state index < -0.39 is 0 Å². The van der Waals surface area contributed by atoms with Gasteiger partial charge in [0.2, 0.25) is 0 Å². The molecule has 0 aliphatic heterocycles. The van der Waals surface area contributed by atoms with Gasteiger partial charge in [-0.25, -0.2) is 0 Å². The molecule has 0 aliphatic rings. The molecule has 0 fully saturated rings. The monoisotopic (exact) mass is 228 g/mol. The first-order valence-electron chi connectivity index (χ1n) is 5.45. The smallest absolute Gasteiger partial charge is 0.123 e. The van der Waals surface area contributed by atoms with Gasteiger partial charge in [-0.3, -0.25) is 0 Å². The van der Waals surface area contributed by atoms with E-state index in [0.717, 1.165) is 27.9 Å². The fourth-order valence-electron chi connectivity index (χ4n) is 1.91. The summed E-state index contributed by atoms with van der Waals surface area (Å²) in [6.45, 7) is 3.84. The van der Waals surface area contributed by atoms with E-state index in [-0.39, 0.29) is 5.75 Å². The van der Waals surface area contributed by atoms with Crippen LogP contribution in [0.5, 0.6) is 5.75 Å². The van der Waals surface area contributed by atoms with E-state index in [1.165, 1.54) is 0 Å². The van der Waals surface area contributed by atoms with Crippen LogP contribution in [0.3, 0.4) is 0 Å². The molecule has 2 aromatic rings. The predicted molar refractivity (Wildman–Crippen MR) is 71.8 cm³/mol. The molecular weight excluding hydrogens is 212 g/mol. The van der Waals surface area contributed by atoms with Gasteiger partial charge in [-0.15, -0.1) is 0 Å². The second-order valence-corrected chi connectivity index (χ2v) is 4.25. The summed E-state index contributed by atoms with van der Waals surface area (Å²) in [6.07, 6.45) is 0. The molecule has 3 nitrogen and oxygen atoms in total. The van der Waals surface area contributed by atoms with Crippen molar-refractivity contribution in [3.05, 3.63) is 41.5 Å². The number of anilines is 2. The second-order valence-electron chi connectivity index (χ2n) is 4.25. The van der Waals surface area contributed by atoms with Gasteiger partial charge >= 0.3 is 0 Å². The van der Waals surface area contributed by atoms with Gasteiger partial charge in [-0.2, -0.15) is 0 Å². The third-order valence-corrected chi connectivity index (χ3v) is 3.04. The normalized spacial score (nSPS) is 10.5. The van der Waals surface area contributed by atoms with Crippen molar-refractivity contribution in [3.8, 4) is 16.9 Å². The number of phenols is 1. The van der Waals surface area contributed by atoms with Gasteiger partial charge in [-0.1, -0.05) is 6.07 Å². The summed E-state index contributed by atoms with van der Waals surface area (Å²) in [4.78, 5) is 0. The number of phenolic OH excluding ortho intramolecular Hbond substituents is 1. The Hall–Kier alpha value is -2.16. The molecule has 0 unspecified atom stereocenters. The molecule has 2 aromatic carbocycles. The van der Waals surface area contributed by atoms with Crippen molar-refractivity contribution in [1.29, 1.82) is 0 Å². The lowest BCUT2D eigenvalue weighted by molar-refractivity contribution is 0.477. The van der Waals surface area contributed by atoms with Gasteiger partial charge in [0, 0.05) is 16.9 Å². The van der Waals surface area contributed by atoms with E-state index in [9.17, 15) is 5.11 Å². The molecule has 0 saturated heterocycles. The standard InChI is InChI=1S/C14H16N2O/c1-8-7-10(3-4-11(8)15)14-9(2)12(16)5-6-13(14)17/h3-7,17H,15-16H2,1-2H3. The van der Waals surface area contributed by atoms with Crippen LogP contribution in [-0.4, -0.2) is 5.11 Å². The van der Waals surface area contributed by atoms with E-state index in [1.54, 1.807) is 12.1 Å². The average Bonchev–Trinajstić information content (AvgIpc) is 2.29. The highest BCUT2D eigenvalue weighted by Crippen LogP contribution is 2.36.